The fourth-order valence-corrected chi connectivity index (χ4v) is 3.98. The van der Waals surface area contributed by atoms with Gasteiger partial charge in [0.15, 0.2) is 0 Å². The standard InChI is InChI=1S/C19H18N4O2S2/c1-13(2)11-20-19-22(17(12-27-19)18-8-5-9-26-18)21-14(3)15-6-4-7-16(10-15)23(24)25/h4-10,12H,1,11H2,2-3H3. The zero-order valence-electron chi connectivity index (χ0n) is 15.0. The van der Waals surface area contributed by atoms with Crippen LogP contribution in [0, 0.1) is 10.1 Å². The lowest BCUT2D eigenvalue weighted by atomic mass is 10.1. The summed E-state index contributed by atoms with van der Waals surface area (Å²) in [5.74, 6) is 0. The molecule has 2 heterocycles. The molecular formula is C19H18N4O2S2. The van der Waals surface area contributed by atoms with Crippen LogP contribution in [0.25, 0.3) is 10.6 Å². The molecule has 8 heteroatoms. The van der Waals surface area contributed by atoms with Crippen LogP contribution in [0.5, 0.6) is 0 Å². The van der Waals surface area contributed by atoms with Gasteiger partial charge in [-0.25, -0.2) is 4.68 Å². The van der Waals surface area contributed by atoms with Crippen LogP contribution >= 0.6 is 22.7 Å². The van der Waals surface area contributed by atoms with Crippen LogP contribution in [0.15, 0.2) is 69.4 Å². The molecule has 6 nitrogen and oxygen atoms in total. The Bertz CT molecular complexity index is 1080. The van der Waals surface area contributed by atoms with Gasteiger partial charge < -0.3 is 0 Å². The Labute approximate surface area is 164 Å². The molecule has 0 radical (unpaired) electrons. The van der Waals surface area contributed by atoms with Gasteiger partial charge in [0, 0.05) is 23.1 Å². The summed E-state index contributed by atoms with van der Waals surface area (Å²) in [5.41, 5.74) is 3.33. The summed E-state index contributed by atoms with van der Waals surface area (Å²) >= 11 is 3.13. The molecule has 0 unspecified atom stereocenters. The second-order valence-electron chi connectivity index (χ2n) is 5.96. The summed E-state index contributed by atoms with van der Waals surface area (Å²) in [6.07, 6.45) is 0. The van der Waals surface area contributed by atoms with Crippen LogP contribution < -0.4 is 4.80 Å². The van der Waals surface area contributed by atoms with E-state index in [-0.39, 0.29) is 5.69 Å². The van der Waals surface area contributed by atoms with E-state index in [0.29, 0.717) is 17.8 Å². The maximum absolute atomic E-state index is 11.0. The Balaban J connectivity index is 2.11. The normalized spacial score (nSPS) is 12.4. The van der Waals surface area contributed by atoms with E-state index in [1.54, 1.807) is 22.1 Å². The number of hydrogen-bond acceptors (Lipinski definition) is 6. The van der Waals surface area contributed by atoms with E-state index in [0.717, 1.165) is 20.9 Å². The predicted octanol–water partition coefficient (Wildman–Crippen LogP) is 4.94. The van der Waals surface area contributed by atoms with Crippen LogP contribution in [0.1, 0.15) is 19.4 Å². The minimum atomic E-state index is -0.404. The summed E-state index contributed by atoms with van der Waals surface area (Å²) in [7, 11) is 0. The molecule has 0 aliphatic heterocycles. The summed E-state index contributed by atoms with van der Waals surface area (Å²) in [4.78, 5) is 17.1. The molecule has 3 aromatic rings. The van der Waals surface area contributed by atoms with E-state index in [1.807, 2.05) is 42.8 Å². The SMILES string of the molecule is C=C(C)CN=c1scc(-c2cccs2)n1N=C(C)c1cccc([N+](=O)[O-])c1. The quantitative estimate of drug-likeness (QED) is 0.255. The highest BCUT2D eigenvalue weighted by atomic mass is 32.1. The van der Waals surface area contributed by atoms with Crippen molar-refractivity contribution < 1.29 is 4.92 Å². The van der Waals surface area contributed by atoms with Gasteiger partial charge in [-0.3, -0.25) is 15.1 Å². The van der Waals surface area contributed by atoms with Crippen molar-refractivity contribution in [3.63, 3.8) is 0 Å². The molecule has 0 atom stereocenters. The average Bonchev–Trinajstić information content (AvgIpc) is 3.29. The molecule has 0 saturated carbocycles. The maximum atomic E-state index is 11.0. The topological polar surface area (TPSA) is 72.8 Å². The first-order valence-electron chi connectivity index (χ1n) is 8.15. The second-order valence-corrected chi connectivity index (χ2v) is 7.74. The van der Waals surface area contributed by atoms with E-state index in [9.17, 15) is 10.1 Å². The number of non-ortho nitro benzene ring substituents is 1. The number of rotatable bonds is 6. The molecule has 138 valence electrons. The van der Waals surface area contributed by atoms with Gasteiger partial charge in [0.1, 0.15) is 0 Å². The Morgan fingerprint density at radius 2 is 2.07 bits per heavy atom. The first-order valence-corrected chi connectivity index (χ1v) is 9.91. The Kier molecular flexibility index (Phi) is 5.78. The van der Waals surface area contributed by atoms with Crippen molar-refractivity contribution >= 4 is 34.1 Å². The molecule has 0 saturated heterocycles. The number of nitro groups is 1. The first kappa shape index (κ1) is 18.9. The van der Waals surface area contributed by atoms with Crippen molar-refractivity contribution in [2.45, 2.75) is 13.8 Å². The third-order valence-electron chi connectivity index (χ3n) is 3.67. The molecule has 0 fully saturated rings. The van der Waals surface area contributed by atoms with Crippen molar-refractivity contribution in [3.8, 4) is 10.6 Å². The molecule has 0 aliphatic rings. The number of thiazole rings is 1. The number of hydrogen-bond donors (Lipinski definition) is 0. The van der Waals surface area contributed by atoms with Crippen LogP contribution in [0.3, 0.4) is 0 Å². The van der Waals surface area contributed by atoms with Crippen molar-refractivity contribution in [1.82, 2.24) is 4.68 Å². The molecule has 2 aromatic heterocycles. The lowest BCUT2D eigenvalue weighted by Gasteiger charge is -2.05. The number of benzene rings is 1. The van der Waals surface area contributed by atoms with Crippen LogP contribution in [-0.4, -0.2) is 21.9 Å². The fourth-order valence-electron chi connectivity index (χ4n) is 2.35. The van der Waals surface area contributed by atoms with Crippen LogP contribution in [-0.2, 0) is 0 Å². The Hall–Kier alpha value is -2.84. The van der Waals surface area contributed by atoms with Gasteiger partial charge in [-0.05, 0) is 25.3 Å². The average molecular weight is 399 g/mol. The lowest BCUT2D eigenvalue weighted by Crippen LogP contribution is -2.14. The monoisotopic (exact) mass is 398 g/mol. The van der Waals surface area contributed by atoms with Crippen molar-refractivity contribution in [3.05, 3.63) is 79.8 Å². The number of nitrogens with zero attached hydrogens (tertiary/aromatic N) is 4. The molecule has 0 N–H and O–H groups in total. The third kappa shape index (κ3) is 4.47. The Morgan fingerprint density at radius 1 is 1.26 bits per heavy atom. The molecule has 0 spiro atoms. The van der Waals surface area contributed by atoms with Crippen LogP contribution in [0.4, 0.5) is 5.69 Å². The van der Waals surface area contributed by atoms with Gasteiger partial charge in [-0.1, -0.05) is 30.4 Å². The van der Waals surface area contributed by atoms with Gasteiger partial charge in [-0.2, -0.15) is 5.10 Å². The molecule has 27 heavy (non-hydrogen) atoms. The first-order chi connectivity index (χ1) is 13.0. The highest BCUT2D eigenvalue weighted by molar-refractivity contribution is 7.14. The third-order valence-corrected chi connectivity index (χ3v) is 5.41. The molecule has 0 aliphatic carbocycles. The van der Waals surface area contributed by atoms with Gasteiger partial charge in [0.25, 0.3) is 5.69 Å². The van der Waals surface area contributed by atoms with E-state index >= 15 is 0 Å². The predicted molar refractivity (Wildman–Crippen MR) is 112 cm³/mol. The van der Waals surface area contributed by atoms with Gasteiger partial charge in [-0.15, -0.1) is 22.7 Å². The zero-order valence-corrected chi connectivity index (χ0v) is 16.6. The lowest BCUT2D eigenvalue weighted by molar-refractivity contribution is -0.384. The molecule has 1 aromatic carbocycles. The maximum Gasteiger partial charge on any atom is 0.270 e. The van der Waals surface area contributed by atoms with Crippen molar-refractivity contribution in [2.24, 2.45) is 10.1 Å². The summed E-state index contributed by atoms with van der Waals surface area (Å²) < 4.78 is 1.80. The fraction of sp³-hybridized carbons (Fsp3) is 0.158. The summed E-state index contributed by atoms with van der Waals surface area (Å²) in [5, 5.41) is 19.8. The van der Waals surface area contributed by atoms with Gasteiger partial charge in [0.05, 0.1) is 27.8 Å². The smallest absolute Gasteiger partial charge is 0.258 e. The zero-order chi connectivity index (χ0) is 19.4. The number of nitro benzene ring substituents is 1. The van der Waals surface area contributed by atoms with Crippen LogP contribution in [0.2, 0.25) is 0 Å². The molecule has 0 amide bonds. The van der Waals surface area contributed by atoms with E-state index in [2.05, 4.69) is 11.6 Å². The van der Waals surface area contributed by atoms with Gasteiger partial charge in [0.2, 0.25) is 4.80 Å². The Morgan fingerprint density at radius 3 is 2.74 bits per heavy atom. The highest BCUT2D eigenvalue weighted by Gasteiger charge is 2.11. The summed E-state index contributed by atoms with van der Waals surface area (Å²) in [6, 6.07) is 10.5. The van der Waals surface area contributed by atoms with Gasteiger partial charge >= 0.3 is 0 Å². The van der Waals surface area contributed by atoms with Crippen molar-refractivity contribution in [2.75, 3.05) is 6.54 Å². The van der Waals surface area contributed by atoms with E-state index < -0.39 is 4.92 Å². The number of thiophene rings is 1. The minimum absolute atomic E-state index is 0.0445. The highest BCUT2D eigenvalue weighted by Crippen LogP contribution is 2.25. The minimum Gasteiger partial charge on any atom is -0.258 e. The molecule has 0 bridgehead atoms. The number of aromatic nitrogens is 1. The largest absolute Gasteiger partial charge is 0.270 e. The van der Waals surface area contributed by atoms with E-state index in [4.69, 9.17) is 5.10 Å². The van der Waals surface area contributed by atoms with E-state index in [1.165, 1.54) is 23.5 Å². The molecule has 3 rings (SSSR count). The van der Waals surface area contributed by atoms with Crippen molar-refractivity contribution in [1.29, 1.82) is 0 Å². The summed E-state index contributed by atoms with van der Waals surface area (Å²) in [6.45, 7) is 8.19. The molecular weight excluding hydrogens is 380 g/mol. The second kappa shape index (κ2) is 8.24.